The third kappa shape index (κ3) is 3.44. The van der Waals surface area contributed by atoms with E-state index in [0.29, 0.717) is 6.54 Å². The number of primary sulfonamides is 1. The van der Waals surface area contributed by atoms with Crippen molar-refractivity contribution in [1.29, 1.82) is 0 Å². The molecular formula is C13H18N4O2S. The molecule has 1 atom stereocenters. The van der Waals surface area contributed by atoms with Gasteiger partial charge in [-0.3, -0.25) is 4.68 Å². The highest BCUT2D eigenvalue weighted by molar-refractivity contribution is 7.89. The first-order valence-corrected chi connectivity index (χ1v) is 7.75. The number of rotatable bonds is 5. The Balaban J connectivity index is 2.10. The van der Waals surface area contributed by atoms with Gasteiger partial charge in [0.15, 0.2) is 0 Å². The van der Waals surface area contributed by atoms with Crippen LogP contribution in [0.15, 0.2) is 41.4 Å². The molecule has 3 N–H and O–H groups in total. The minimum absolute atomic E-state index is 0.00611. The van der Waals surface area contributed by atoms with E-state index in [1.165, 1.54) is 6.07 Å². The Morgan fingerprint density at radius 1 is 1.40 bits per heavy atom. The Kier molecular flexibility index (Phi) is 4.22. The largest absolute Gasteiger partial charge is 0.305 e. The van der Waals surface area contributed by atoms with Crippen LogP contribution in [0.2, 0.25) is 0 Å². The second kappa shape index (κ2) is 5.74. The molecule has 0 aliphatic carbocycles. The molecule has 0 amide bonds. The summed E-state index contributed by atoms with van der Waals surface area (Å²) >= 11 is 0. The van der Waals surface area contributed by atoms with Gasteiger partial charge >= 0.3 is 0 Å². The number of benzene rings is 1. The first-order chi connectivity index (χ1) is 9.38. The van der Waals surface area contributed by atoms with Crippen molar-refractivity contribution in [2.45, 2.75) is 24.4 Å². The lowest BCUT2D eigenvalue weighted by Gasteiger charge is -2.15. The molecule has 2 aromatic rings. The van der Waals surface area contributed by atoms with E-state index in [4.69, 9.17) is 5.14 Å². The minimum atomic E-state index is -3.67. The molecule has 108 valence electrons. The van der Waals surface area contributed by atoms with E-state index in [2.05, 4.69) is 10.4 Å². The van der Waals surface area contributed by atoms with Gasteiger partial charge in [0, 0.05) is 25.8 Å². The maximum atomic E-state index is 11.3. The molecule has 1 heterocycles. The van der Waals surface area contributed by atoms with E-state index >= 15 is 0 Å². The standard InChI is InChI=1S/C13H18N4O2S/c1-10(15-9-12-6-7-16-17(12)2)11-4-3-5-13(8-11)20(14,18)19/h3-8,10,15H,9H2,1-2H3,(H2,14,18,19). The number of aromatic nitrogens is 2. The van der Waals surface area contributed by atoms with E-state index in [9.17, 15) is 8.42 Å². The van der Waals surface area contributed by atoms with Gasteiger partial charge < -0.3 is 5.32 Å². The number of aryl methyl sites for hydroxylation is 1. The van der Waals surface area contributed by atoms with Crippen molar-refractivity contribution in [3.63, 3.8) is 0 Å². The van der Waals surface area contributed by atoms with E-state index in [1.54, 1.807) is 23.0 Å². The number of nitrogens with zero attached hydrogens (tertiary/aromatic N) is 2. The summed E-state index contributed by atoms with van der Waals surface area (Å²) in [5.74, 6) is 0. The lowest BCUT2D eigenvalue weighted by Crippen LogP contribution is -2.20. The maximum absolute atomic E-state index is 11.3. The van der Waals surface area contributed by atoms with Gasteiger partial charge in [-0.15, -0.1) is 0 Å². The Morgan fingerprint density at radius 2 is 2.15 bits per heavy atom. The molecule has 0 aliphatic heterocycles. The number of hydrogen-bond acceptors (Lipinski definition) is 4. The van der Waals surface area contributed by atoms with Crippen LogP contribution in [0.25, 0.3) is 0 Å². The number of hydrogen-bond donors (Lipinski definition) is 2. The molecule has 0 aliphatic rings. The highest BCUT2D eigenvalue weighted by Gasteiger charge is 2.11. The predicted octanol–water partition coefficient (Wildman–Crippen LogP) is 0.918. The Bertz CT molecular complexity index is 694. The quantitative estimate of drug-likeness (QED) is 0.858. The molecule has 0 spiro atoms. The van der Waals surface area contributed by atoms with Crippen LogP contribution in [0, 0.1) is 0 Å². The first-order valence-electron chi connectivity index (χ1n) is 6.21. The molecule has 0 saturated heterocycles. The molecule has 0 bridgehead atoms. The average molecular weight is 294 g/mol. The molecule has 2 rings (SSSR count). The lowest BCUT2D eigenvalue weighted by atomic mass is 10.1. The highest BCUT2D eigenvalue weighted by atomic mass is 32.2. The van der Waals surface area contributed by atoms with Gasteiger partial charge in [0.1, 0.15) is 0 Å². The molecule has 1 aromatic heterocycles. The normalized spacial score (nSPS) is 13.3. The van der Waals surface area contributed by atoms with Crippen molar-refractivity contribution >= 4 is 10.0 Å². The fourth-order valence-corrected chi connectivity index (χ4v) is 2.48. The van der Waals surface area contributed by atoms with E-state index in [-0.39, 0.29) is 10.9 Å². The SMILES string of the molecule is CC(NCc1ccnn1C)c1cccc(S(N)(=O)=O)c1. The second-order valence-corrected chi connectivity index (χ2v) is 6.23. The Morgan fingerprint density at radius 3 is 2.75 bits per heavy atom. The van der Waals surface area contributed by atoms with Crippen molar-refractivity contribution in [3.8, 4) is 0 Å². The maximum Gasteiger partial charge on any atom is 0.238 e. The molecule has 1 unspecified atom stereocenters. The van der Waals surface area contributed by atoms with Crippen molar-refractivity contribution < 1.29 is 8.42 Å². The van der Waals surface area contributed by atoms with Crippen molar-refractivity contribution in [2.24, 2.45) is 12.2 Å². The van der Waals surface area contributed by atoms with Crippen molar-refractivity contribution in [3.05, 3.63) is 47.8 Å². The molecular weight excluding hydrogens is 276 g/mol. The topological polar surface area (TPSA) is 90.0 Å². The summed E-state index contributed by atoms with van der Waals surface area (Å²) in [4.78, 5) is 0.129. The van der Waals surface area contributed by atoms with Crippen LogP contribution in [0.5, 0.6) is 0 Å². The molecule has 20 heavy (non-hydrogen) atoms. The van der Waals surface area contributed by atoms with Crippen molar-refractivity contribution in [2.75, 3.05) is 0 Å². The van der Waals surface area contributed by atoms with Gasteiger partial charge in [0.05, 0.1) is 10.6 Å². The lowest BCUT2D eigenvalue weighted by molar-refractivity contribution is 0.547. The number of nitrogens with two attached hydrogens (primary N) is 1. The monoisotopic (exact) mass is 294 g/mol. The first kappa shape index (κ1) is 14.7. The van der Waals surface area contributed by atoms with Crippen LogP contribution >= 0.6 is 0 Å². The Hall–Kier alpha value is -1.70. The third-order valence-electron chi connectivity index (χ3n) is 3.20. The van der Waals surface area contributed by atoms with Gasteiger partial charge in [0.25, 0.3) is 0 Å². The molecule has 0 radical (unpaired) electrons. The summed E-state index contributed by atoms with van der Waals surface area (Å²) in [5.41, 5.74) is 1.93. The van der Waals surface area contributed by atoms with Gasteiger partial charge in [-0.25, -0.2) is 13.6 Å². The van der Waals surface area contributed by atoms with Crippen LogP contribution in [0.4, 0.5) is 0 Å². The van der Waals surface area contributed by atoms with Gasteiger partial charge in [-0.05, 0) is 30.7 Å². The Labute approximate surface area is 118 Å². The van der Waals surface area contributed by atoms with Crippen LogP contribution in [-0.2, 0) is 23.6 Å². The van der Waals surface area contributed by atoms with E-state index < -0.39 is 10.0 Å². The van der Waals surface area contributed by atoms with Gasteiger partial charge in [-0.2, -0.15) is 5.10 Å². The van der Waals surface area contributed by atoms with E-state index in [0.717, 1.165) is 11.3 Å². The van der Waals surface area contributed by atoms with E-state index in [1.807, 2.05) is 26.1 Å². The molecule has 0 saturated carbocycles. The zero-order valence-corrected chi connectivity index (χ0v) is 12.3. The van der Waals surface area contributed by atoms with Crippen LogP contribution in [-0.4, -0.2) is 18.2 Å². The zero-order valence-electron chi connectivity index (χ0n) is 11.4. The van der Waals surface area contributed by atoms with Crippen LogP contribution < -0.4 is 10.5 Å². The summed E-state index contributed by atoms with van der Waals surface area (Å²) in [6.07, 6.45) is 1.74. The summed E-state index contributed by atoms with van der Waals surface area (Å²) < 4.78 is 24.5. The highest BCUT2D eigenvalue weighted by Crippen LogP contribution is 2.17. The minimum Gasteiger partial charge on any atom is -0.305 e. The molecule has 7 heteroatoms. The fraction of sp³-hybridized carbons (Fsp3) is 0.308. The van der Waals surface area contributed by atoms with Gasteiger partial charge in [0.2, 0.25) is 10.0 Å². The summed E-state index contributed by atoms with van der Waals surface area (Å²) in [6, 6.07) is 8.59. The second-order valence-electron chi connectivity index (χ2n) is 4.67. The molecule has 6 nitrogen and oxygen atoms in total. The van der Waals surface area contributed by atoms with Crippen LogP contribution in [0.3, 0.4) is 0 Å². The molecule has 0 fully saturated rings. The summed E-state index contributed by atoms with van der Waals surface area (Å²) in [6.45, 7) is 2.62. The number of sulfonamides is 1. The van der Waals surface area contributed by atoms with Crippen molar-refractivity contribution in [1.82, 2.24) is 15.1 Å². The predicted molar refractivity (Wildman–Crippen MR) is 76.3 cm³/mol. The van der Waals surface area contributed by atoms with Gasteiger partial charge in [-0.1, -0.05) is 12.1 Å². The summed E-state index contributed by atoms with van der Waals surface area (Å²) in [5, 5.41) is 12.6. The third-order valence-corrected chi connectivity index (χ3v) is 4.11. The van der Waals surface area contributed by atoms with Crippen LogP contribution in [0.1, 0.15) is 24.2 Å². The summed E-state index contributed by atoms with van der Waals surface area (Å²) in [7, 11) is -1.79. The average Bonchev–Trinajstić information content (AvgIpc) is 2.81. The zero-order chi connectivity index (χ0) is 14.8. The molecule has 1 aromatic carbocycles. The number of nitrogens with one attached hydrogen (secondary N) is 1. The smallest absolute Gasteiger partial charge is 0.238 e. The fourth-order valence-electron chi connectivity index (χ4n) is 1.91.